The summed E-state index contributed by atoms with van der Waals surface area (Å²) in [7, 11) is 4.47. The van der Waals surface area contributed by atoms with Crippen molar-refractivity contribution >= 4 is 17.7 Å². The number of rotatable bonds is 8. The molecular formula is C29H44N2O9. The van der Waals surface area contributed by atoms with Gasteiger partial charge in [0.1, 0.15) is 6.10 Å². The van der Waals surface area contributed by atoms with E-state index in [4.69, 9.17) is 18.9 Å². The normalized spacial score (nSPS) is 33.6. The standard InChI is InChI=1S/C29H44N2O9/c1-28-10-8-24(40-27(36)30-17-12-21(37-3)26(39-5)22(13-17)38-4)29(2,16-32)23(28)7-6-20(34)19(28)14-25(35)31-11-9-18(33)15-31/h12-13,18-20,23-24,32-34H,6-11,14-16H2,1-5H3,(H,30,36)/t18-,19-,20-,23+,24-,28+,29+/m1/s1. The number of hydrogen-bond donors (Lipinski definition) is 4. The van der Waals surface area contributed by atoms with E-state index in [1.54, 1.807) is 17.0 Å². The van der Waals surface area contributed by atoms with Gasteiger partial charge in [-0.05, 0) is 49.4 Å². The number of nitrogens with zero attached hydrogens (tertiary/aromatic N) is 1. The van der Waals surface area contributed by atoms with Crippen molar-refractivity contribution in [3.05, 3.63) is 12.1 Å². The zero-order chi connectivity index (χ0) is 29.2. The molecule has 1 aromatic rings. The number of likely N-dealkylation sites (tertiary alicyclic amines) is 1. The molecule has 4 rings (SSSR count). The van der Waals surface area contributed by atoms with Gasteiger partial charge in [-0.15, -0.1) is 0 Å². The highest BCUT2D eigenvalue weighted by molar-refractivity contribution is 5.86. The van der Waals surface area contributed by atoms with Gasteiger partial charge in [0.25, 0.3) is 0 Å². The highest BCUT2D eigenvalue weighted by atomic mass is 16.6. The lowest BCUT2D eigenvalue weighted by Crippen LogP contribution is -2.61. The zero-order valence-corrected chi connectivity index (χ0v) is 24.1. The second-order valence-electron chi connectivity index (χ2n) is 11.9. The van der Waals surface area contributed by atoms with Crippen LogP contribution in [0.15, 0.2) is 12.1 Å². The molecule has 1 aliphatic heterocycles. The second-order valence-corrected chi connectivity index (χ2v) is 11.9. The van der Waals surface area contributed by atoms with Crippen molar-refractivity contribution in [1.82, 2.24) is 4.90 Å². The van der Waals surface area contributed by atoms with Crippen LogP contribution in [0.3, 0.4) is 0 Å². The van der Waals surface area contributed by atoms with E-state index in [2.05, 4.69) is 12.2 Å². The molecule has 2 amide bonds. The maximum atomic E-state index is 13.1. The first kappa shape index (κ1) is 30.2. The molecule has 2 aliphatic carbocycles. The Labute approximate surface area is 235 Å². The molecule has 1 saturated heterocycles. The molecule has 3 aliphatic rings. The van der Waals surface area contributed by atoms with Crippen LogP contribution in [0, 0.1) is 22.7 Å². The molecule has 40 heavy (non-hydrogen) atoms. The number of carbonyl (C=O) groups is 2. The Hall–Kier alpha value is -2.76. The molecule has 4 N–H and O–H groups in total. The number of aliphatic hydroxyl groups excluding tert-OH is 3. The van der Waals surface area contributed by atoms with Crippen molar-refractivity contribution in [3.8, 4) is 17.2 Å². The number of benzene rings is 1. The van der Waals surface area contributed by atoms with Crippen LogP contribution in [0.1, 0.15) is 52.4 Å². The highest BCUT2D eigenvalue weighted by Crippen LogP contribution is 2.61. The molecule has 1 aromatic carbocycles. The largest absolute Gasteiger partial charge is 0.493 e. The minimum Gasteiger partial charge on any atom is -0.493 e. The van der Waals surface area contributed by atoms with Crippen molar-refractivity contribution in [2.45, 2.75) is 70.7 Å². The summed E-state index contributed by atoms with van der Waals surface area (Å²) in [4.78, 5) is 27.9. The number of methoxy groups -OCH3 is 3. The molecule has 1 heterocycles. The summed E-state index contributed by atoms with van der Waals surface area (Å²) in [5.41, 5.74) is -0.807. The van der Waals surface area contributed by atoms with Crippen LogP contribution in [-0.4, -0.2) is 91.6 Å². The summed E-state index contributed by atoms with van der Waals surface area (Å²) < 4.78 is 22.0. The summed E-state index contributed by atoms with van der Waals surface area (Å²) in [6, 6.07) is 3.21. The Morgan fingerprint density at radius 2 is 1.70 bits per heavy atom. The van der Waals surface area contributed by atoms with Crippen molar-refractivity contribution in [1.29, 1.82) is 0 Å². The van der Waals surface area contributed by atoms with E-state index in [0.717, 1.165) is 0 Å². The van der Waals surface area contributed by atoms with E-state index in [1.165, 1.54) is 21.3 Å². The molecule has 2 saturated carbocycles. The Morgan fingerprint density at radius 1 is 1.02 bits per heavy atom. The third kappa shape index (κ3) is 5.56. The lowest BCUT2D eigenvalue weighted by molar-refractivity contribution is -0.186. The third-order valence-corrected chi connectivity index (χ3v) is 9.75. The lowest BCUT2D eigenvalue weighted by atomic mass is 9.46. The van der Waals surface area contributed by atoms with Gasteiger partial charge in [-0.1, -0.05) is 13.8 Å². The Morgan fingerprint density at radius 3 is 2.25 bits per heavy atom. The van der Waals surface area contributed by atoms with Gasteiger partial charge in [0.2, 0.25) is 11.7 Å². The van der Waals surface area contributed by atoms with Gasteiger partial charge in [-0.2, -0.15) is 0 Å². The number of aliphatic hydroxyl groups is 3. The SMILES string of the molecule is COc1cc(NC(=O)O[C@@H]2CC[C@]3(C)[C@H](CC[C@@H](O)[C@H]3CC(=O)N3CC[C@@H](O)C3)[C@]2(C)CO)cc(OC)c1OC. The molecule has 7 atom stereocenters. The van der Waals surface area contributed by atoms with Gasteiger partial charge < -0.3 is 39.2 Å². The number of amides is 2. The van der Waals surface area contributed by atoms with Crippen LogP contribution in [0.25, 0.3) is 0 Å². The maximum absolute atomic E-state index is 13.1. The molecule has 0 radical (unpaired) electrons. The molecule has 224 valence electrons. The predicted octanol–water partition coefficient (Wildman–Crippen LogP) is 2.80. The van der Waals surface area contributed by atoms with Gasteiger partial charge in [-0.25, -0.2) is 4.79 Å². The summed E-state index contributed by atoms with van der Waals surface area (Å²) in [5.74, 6) is 0.735. The average molecular weight is 565 g/mol. The Bertz CT molecular complexity index is 1060. The van der Waals surface area contributed by atoms with Crippen molar-refractivity contribution in [3.63, 3.8) is 0 Å². The number of fused-ring (bicyclic) bond motifs is 1. The Kier molecular flexibility index (Phi) is 9.06. The van der Waals surface area contributed by atoms with Gasteiger partial charge in [0.05, 0.1) is 45.8 Å². The summed E-state index contributed by atoms with van der Waals surface area (Å²) in [6.07, 6.45) is 0.641. The third-order valence-electron chi connectivity index (χ3n) is 9.75. The topological polar surface area (TPSA) is 147 Å². The monoisotopic (exact) mass is 564 g/mol. The van der Waals surface area contributed by atoms with Crippen LogP contribution in [-0.2, 0) is 9.53 Å². The first-order valence-corrected chi connectivity index (χ1v) is 14.0. The number of carbonyl (C=O) groups excluding carboxylic acids is 2. The van der Waals surface area contributed by atoms with Crippen molar-refractivity contribution in [2.75, 3.05) is 46.3 Å². The van der Waals surface area contributed by atoms with E-state index in [9.17, 15) is 24.9 Å². The first-order valence-electron chi connectivity index (χ1n) is 14.0. The molecule has 3 fully saturated rings. The Balaban J connectivity index is 1.50. The fraction of sp³-hybridized carbons (Fsp3) is 0.724. The predicted molar refractivity (Wildman–Crippen MR) is 147 cm³/mol. The first-order chi connectivity index (χ1) is 19.0. The van der Waals surface area contributed by atoms with E-state index in [0.29, 0.717) is 68.1 Å². The minimum absolute atomic E-state index is 0.0590. The molecular weight excluding hydrogens is 520 g/mol. The molecule has 0 unspecified atom stereocenters. The van der Waals surface area contributed by atoms with E-state index in [-0.39, 0.29) is 30.8 Å². The number of nitrogens with one attached hydrogen (secondary N) is 1. The minimum atomic E-state index is -0.773. The van der Waals surface area contributed by atoms with E-state index in [1.807, 2.05) is 6.92 Å². The average Bonchev–Trinajstić information content (AvgIpc) is 3.38. The molecule has 11 heteroatoms. The molecule has 0 bridgehead atoms. The van der Waals surface area contributed by atoms with Crippen LogP contribution < -0.4 is 19.5 Å². The fourth-order valence-electron chi connectivity index (χ4n) is 7.50. The van der Waals surface area contributed by atoms with E-state index >= 15 is 0 Å². The summed E-state index contributed by atoms with van der Waals surface area (Å²) in [5, 5.41) is 34.4. The smallest absolute Gasteiger partial charge is 0.411 e. The molecule has 0 aromatic heterocycles. The van der Waals surface area contributed by atoms with Gasteiger partial charge >= 0.3 is 6.09 Å². The van der Waals surface area contributed by atoms with Gasteiger partial charge in [0.15, 0.2) is 11.5 Å². The molecule has 0 spiro atoms. The fourth-order valence-corrected chi connectivity index (χ4v) is 7.50. The van der Waals surface area contributed by atoms with Crippen LogP contribution in [0.4, 0.5) is 10.5 Å². The lowest BCUT2D eigenvalue weighted by Gasteiger charge is -2.60. The summed E-state index contributed by atoms with van der Waals surface area (Å²) >= 11 is 0. The summed E-state index contributed by atoms with van der Waals surface area (Å²) in [6.45, 7) is 4.67. The van der Waals surface area contributed by atoms with Crippen LogP contribution in [0.5, 0.6) is 17.2 Å². The quantitative estimate of drug-likeness (QED) is 0.374. The van der Waals surface area contributed by atoms with Gasteiger partial charge in [0, 0.05) is 37.1 Å². The van der Waals surface area contributed by atoms with Crippen LogP contribution >= 0.6 is 0 Å². The van der Waals surface area contributed by atoms with Gasteiger partial charge in [-0.3, -0.25) is 10.1 Å². The van der Waals surface area contributed by atoms with Crippen molar-refractivity contribution < 1.29 is 43.9 Å². The zero-order valence-electron chi connectivity index (χ0n) is 24.1. The van der Waals surface area contributed by atoms with Crippen molar-refractivity contribution in [2.24, 2.45) is 22.7 Å². The number of ether oxygens (including phenoxy) is 4. The van der Waals surface area contributed by atoms with E-state index < -0.39 is 35.2 Å². The number of anilines is 1. The second kappa shape index (κ2) is 12.0. The molecule has 11 nitrogen and oxygen atoms in total. The number of hydrogen-bond acceptors (Lipinski definition) is 9. The number of β-amino-alcohol motifs (C(OH)–C–C–N with tert-alkyl or cyclic N) is 1. The highest BCUT2D eigenvalue weighted by Gasteiger charge is 2.60. The van der Waals surface area contributed by atoms with Crippen LogP contribution in [0.2, 0.25) is 0 Å². The maximum Gasteiger partial charge on any atom is 0.411 e.